The summed E-state index contributed by atoms with van der Waals surface area (Å²) in [6.07, 6.45) is 1.46. The van der Waals surface area contributed by atoms with Crippen molar-refractivity contribution in [2.45, 2.75) is 32.7 Å². The van der Waals surface area contributed by atoms with Crippen LogP contribution in [0.1, 0.15) is 36.6 Å². The van der Waals surface area contributed by atoms with Crippen LogP contribution >= 0.6 is 0 Å². The normalized spacial score (nSPS) is 11.9. The van der Waals surface area contributed by atoms with Gasteiger partial charge >= 0.3 is 0 Å². The lowest BCUT2D eigenvalue weighted by Crippen LogP contribution is -2.28. The third-order valence-electron chi connectivity index (χ3n) is 3.47. The van der Waals surface area contributed by atoms with Gasteiger partial charge in [0.15, 0.2) is 0 Å². The fraction of sp³-hybridized carbons (Fsp3) is 0.278. The highest BCUT2D eigenvalue weighted by atomic mass is 16.1. The molecule has 0 radical (unpaired) electrons. The minimum absolute atomic E-state index is 0.0404. The molecule has 1 N–H and O–H groups in total. The zero-order chi connectivity index (χ0) is 14.4. The van der Waals surface area contributed by atoms with Crippen molar-refractivity contribution in [3.8, 4) is 0 Å². The number of rotatable bonds is 5. The Morgan fingerprint density at radius 3 is 2.20 bits per heavy atom. The van der Waals surface area contributed by atoms with Crippen molar-refractivity contribution in [1.82, 2.24) is 5.32 Å². The Kier molecular flexibility index (Phi) is 4.94. The summed E-state index contributed by atoms with van der Waals surface area (Å²) in [4.78, 5) is 12.0. The Morgan fingerprint density at radius 2 is 1.60 bits per heavy atom. The van der Waals surface area contributed by atoms with E-state index in [1.807, 2.05) is 49.4 Å². The van der Waals surface area contributed by atoms with Crippen LogP contribution in [0.5, 0.6) is 0 Å². The smallest absolute Gasteiger partial charge is 0.224 e. The molecular formula is C18H21NO. The molecule has 1 atom stereocenters. The molecule has 0 aromatic heterocycles. The van der Waals surface area contributed by atoms with Gasteiger partial charge in [0.2, 0.25) is 5.91 Å². The van der Waals surface area contributed by atoms with Crippen molar-refractivity contribution in [1.29, 1.82) is 0 Å². The number of benzene rings is 2. The number of amides is 1. The van der Waals surface area contributed by atoms with E-state index in [0.717, 1.165) is 17.5 Å². The predicted molar refractivity (Wildman–Crippen MR) is 82.5 cm³/mol. The van der Waals surface area contributed by atoms with E-state index < -0.39 is 0 Å². The molecule has 0 heterocycles. The highest BCUT2D eigenvalue weighted by Gasteiger charge is 2.09. The monoisotopic (exact) mass is 267 g/mol. The van der Waals surface area contributed by atoms with Crippen molar-refractivity contribution in [2.75, 3.05) is 0 Å². The molecule has 0 saturated carbocycles. The van der Waals surface area contributed by atoms with Gasteiger partial charge in [0.25, 0.3) is 0 Å². The molecule has 0 fully saturated rings. The molecule has 0 unspecified atom stereocenters. The number of carbonyl (C=O) groups is 1. The first-order valence-corrected chi connectivity index (χ1v) is 7.11. The van der Waals surface area contributed by atoms with Crippen molar-refractivity contribution in [2.24, 2.45) is 0 Å². The molecular weight excluding hydrogens is 246 g/mol. The Hall–Kier alpha value is -2.09. The Balaban J connectivity index is 1.91. The second-order valence-corrected chi connectivity index (χ2v) is 5.05. The molecule has 104 valence electrons. The molecule has 2 nitrogen and oxygen atoms in total. The van der Waals surface area contributed by atoms with Gasteiger partial charge in [0, 0.05) is 0 Å². The third kappa shape index (κ3) is 3.95. The molecule has 0 bridgehead atoms. The van der Waals surface area contributed by atoms with Crippen LogP contribution in [0.15, 0.2) is 54.6 Å². The summed E-state index contributed by atoms with van der Waals surface area (Å²) < 4.78 is 0. The molecule has 0 aliphatic carbocycles. The minimum atomic E-state index is 0.0404. The van der Waals surface area contributed by atoms with Gasteiger partial charge in [-0.2, -0.15) is 0 Å². The zero-order valence-corrected chi connectivity index (χ0v) is 12.1. The van der Waals surface area contributed by atoms with Gasteiger partial charge in [-0.15, -0.1) is 0 Å². The highest BCUT2D eigenvalue weighted by molar-refractivity contribution is 5.79. The van der Waals surface area contributed by atoms with E-state index >= 15 is 0 Å². The van der Waals surface area contributed by atoms with Crippen molar-refractivity contribution >= 4 is 5.91 Å². The van der Waals surface area contributed by atoms with Gasteiger partial charge in [-0.05, 0) is 30.0 Å². The number of carbonyl (C=O) groups excluding carboxylic acids is 1. The second kappa shape index (κ2) is 6.90. The van der Waals surface area contributed by atoms with Crippen LogP contribution in [0.25, 0.3) is 0 Å². The fourth-order valence-electron chi connectivity index (χ4n) is 2.20. The maximum atomic E-state index is 12.0. The summed E-state index contributed by atoms with van der Waals surface area (Å²) in [6.45, 7) is 4.14. The van der Waals surface area contributed by atoms with Crippen molar-refractivity contribution in [3.05, 3.63) is 71.3 Å². The first-order chi connectivity index (χ1) is 9.69. The van der Waals surface area contributed by atoms with Crippen molar-refractivity contribution < 1.29 is 4.79 Å². The maximum absolute atomic E-state index is 12.0. The van der Waals surface area contributed by atoms with Crippen LogP contribution in [-0.2, 0) is 17.6 Å². The van der Waals surface area contributed by atoms with E-state index in [4.69, 9.17) is 0 Å². The van der Waals surface area contributed by atoms with Gasteiger partial charge < -0.3 is 5.32 Å². The average molecular weight is 267 g/mol. The zero-order valence-electron chi connectivity index (χ0n) is 12.1. The lowest BCUT2D eigenvalue weighted by Gasteiger charge is -2.14. The topological polar surface area (TPSA) is 29.1 Å². The standard InChI is InChI=1S/C18H21NO/c1-3-15-9-11-16(12-10-15)13-18(20)19-14(2)17-7-5-4-6-8-17/h4-12,14H,3,13H2,1-2H3,(H,19,20)/t14-/m0/s1. The van der Waals surface area contributed by atoms with E-state index in [1.165, 1.54) is 5.56 Å². The first-order valence-electron chi connectivity index (χ1n) is 7.11. The quantitative estimate of drug-likeness (QED) is 0.880. The summed E-state index contributed by atoms with van der Waals surface area (Å²) in [6, 6.07) is 18.3. The number of aryl methyl sites for hydroxylation is 1. The Bertz CT molecular complexity index is 545. The largest absolute Gasteiger partial charge is 0.349 e. The lowest BCUT2D eigenvalue weighted by molar-refractivity contribution is -0.121. The summed E-state index contributed by atoms with van der Waals surface area (Å²) >= 11 is 0. The van der Waals surface area contributed by atoms with E-state index in [0.29, 0.717) is 6.42 Å². The van der Waals surface area contributed by atoms with Gasteiger partial charge in [-0.3, -0.25) is 4.79 Å². The third-order valence-corrected chi connectivity index (χ3v) is 3.47. The summed E-state index contributed by atoms with van der Waals surface area (Å²) in [5, 5.41) is 3.03. The summed E-state index contributed by atoms with van der Waals surface area (Å²) in [5.41, 5.74) is 3.48. The van der Waals surface area contributed by atoms with Crippen LogP contribution < -0.4 is 5.32 Å². The van der Waals surface area contributed by atoms with Crippen LogP contribution in [0.2, 0.25) is 0 Å². The van der Waals surface area contributed by atoms with Crippen LogP contribution in [-0.4, -0.2) is 5.91 Å². The molecule has 2 rings (SSSR count). The number of hydrogen-bond donors (Lipinski definition) is 1. The van der Waals surface area contributed by atoms with Gasteiger partial charge in [0.05, 0.1) is 12.5 Å². The lowest BCUT2D eigenvalue weighted by atomic mass is 10.1. The molecule has 0 aliphatic rings. The van der Waals surface area contributed by atoms with Crippen LogP contribution in [0.3, 0.4) is 0 Å². The molecule has 1 amide bonds. The predicted octanol–water partition coefficient (Wildman–Crippen LogP) is 3.67. The van der Waals surface area contributed by atoms with E-state index in [-0.39, 0.29) is 11.9 Å². The minimum Gasteiger partial charge on any atom is -0.349 e. The molecule has 2 aromatic rings. The molecule has 0 saturated heterocycles. The number of hydrogen-bond acceptors (Lipinski definition) is 1. The van der Waals surface area contributed by atoms with Crippen LogP contribution in [0.4, 0.5) is 0 Å². The maximum Gasteiger partial charge on any atom is 0.224 e. The SMILES string of the molecule is CCc1ccc(CC(=O)N[C@@H](C)c2ccccc2)cc1. The van der Waals surface area contributed by atoms with Crippen LogP contribution in [0, 0.1) is 0 Å². The summed E-state index contributed by atoms with van der Waals surface area (Å²) in [7, 11) is 0. The molecule has 20 heavy (non-hydrogen) atoms. The van der Waals surface area contributed by atoms with Gasteiger partial charge in [-0.25, -0.2) is 0 Å². The fourth-order valence-corrected chi connectivity index (χ4v) is 2.20. The average Bonchev–Trinajstić information content (AvgIpc) is 2.49. The van der Waals surface area contributed by atoms with Crippen molar-refractivity contribution in [3.63, 3.8) is 0 Å². The highest BCUT2D eigenvalue weighted by Crippen LogP contribution is 2.12. The van der Waals surface area contributed by atoms with E-state index in [9.17, 15) is 4.79 Å². The number of nitrogens with one attached hydrogen (secondary N) is 1. The van der Waals surface area contributed by atoms with Gasteiger partial charge in [-0.1, -0.05) is 61.5 Å². The molecule has 0 spiro atoms. The first kappa shape index (κ1) is 14.3. The Morgan fingerprint density at radius 1 is 1.00 bits per heavy atom. The summed E-state index contributed by atoms with van der Waals surface area (Å²) in [5.74, 6) is 0.0607. The molecule has 0 aliphatic heterocycles. The molecule has 2 aromatic carbocycles. The van der Waals surface area contributed by atoms with Gasteiger partial charge in [0.1, 0.15) is 0 Å². The van der Waals surface area contributed by atoms with E-state index in [2.05, 4.69) is 24.4 Å². The second-order valence-electron chi connectivity index (χ2n) is 5.05. The Labute approximate surface area is 120 Å². The van der Waals surface area contributed by atoms with E-state index in [1.54, 1.807) is 0 Å². The molecule has 2 heteroatoms.